The van der Waals surface area contributed by atoms with Gasteiger partial charge in [0.2, 0.25) is 0 Å². The van der Waals surface area contributed by atoms with E-state index in [4.69, 9.17) is 0 Å². The summed E-state index contributed by atoms with van der Waals surface area (Å²) in [6.07, 6.45) is 13.6. The van der Waals surface area contributed by atoms with Gasteiger partial charge in [-0.25, -0.2) is 0 Å². The Kier molecular flexibility index (Phi) is 6.61. The van der Waals surface area contributed by atoms with Crippen LogP contribution < -0.4 is 0 Å². The van der Waals surface area contributed by atoms with Gasteiger partial charge in [0, 0.05) is 5.56 Å². The second kappa shape index (κ2) is 8.73. The van der Waals surface area contributed by atoms with Crippen molar-refractivity contribution in [2.24, 2.45) is 11.8 Å². The molecule has 0 aliphatic heterocycles. The minimum atomic E-state index is 0.758. The molecular formula is C21H28. The zero-order valence-corrected chi connectivity index (χ0v) is 13.6. The lowest BCUT2D eigenvalue weighted by molar-refractivity contribution is 0.304. The Hall–Kier alpha value is -1.48. The molecule has 1 aliphatic rings. The van der Waals surface area contributed by atoms with Crippen LogP contribution in [0.4, 0.5) is 0 Å². The van der Waals surface area contributed by atoms with Crippen LogP contribution in [0.2, 0.25) is 0 Å². The summed E-state index contributed by atoms with van der Waals surface area (Å²) < 4.78 is 0. The molecule has 2 rings (SSSR count). The highest BCUT2D eigenvalue weighted by Gasteiger charge is 2.17. The second-order valence-corrected chi connectivity index (χ2v) is 6.26. The lowest BCUT2D eigenvalue weighted by Crippen LogP contribution is -2.11. The molecule has 0 amide bonds. The van der Waals surface area contributed by atoms with Crippen LogP contribution in [0.25, 0.3) is 0 Å². The Morgan fingerprint density at radius 3 is 2.38 bits per heavy atom. The molecule has 0 atom stereocenters. The van der Waals surface area contributed by atoms with E-state index in [9.17, 15) is 0 Å². The Labute approximate surface area is 130 Å². The summed E-state index contributed by atoms with van der Waals surface area (Å²) in [6.45, 7) is 4.53. The second-order valence-electron chi connectivity index (χ2n) is 6.26. The molecule has 1 aromatic carbocycles. The summed E-state index contributed by atoms with van der Waals surface area (Å²) in [5.74, 6) is 8.16. The Morgan fingerprint density at radius 1 is 1.05 bits per heavy atom. The van der Waals surface area contributed by atoms with Crippen molar-refractivity contribution in [2.45, 2.75) is 58.8 Å². The number of hydrogen-bond acceptors (Lipinski definition) is 0. The number of allylic oxidation sites excluding steroid dienone is 2. The number of rotatable bonds is 4. The summed E-state index contributed by atoms with van der Waals surface area (Å²) in [6, 6.07) is 8.67. The topological polar surface area (TPSA) is 0 Å². The molecule has 0 nitrogen and oxygen atoms in total. The molecule has 1 aromatic rings. The maximum Gasteiger partial charge on any atom is 0.0249 e. The largest absolute Gasteiger partial charge is 0.0730 e. The number of hydrogen-bond donors (Lipinski definition) is 0. The SMILES string of the molecule is CCCc1ccc(C#CC=C[C@H]2CC[C@H](CC)CC2)cc1. The third-order valence-electron chi connectivity index (χ3n) is 4.63. The van der Waals surface area contributed by atoms with Crippen molar-refractivity contribution < 1.29 is 0 Å². The fraction of sp³-hybridized carbons (Fsp3) is 0.524. The molecule has 21 heavy (non-hydrogen) atoms. The predicted octanol–water partition coefficient (Wildman–Crippen LogP) is 5.76. The molecule has 0 heterocycles. The zero-order chi connectivity index (χ0) is 14.9. The maximum atomic E-state index is 3.24. The van der Waals surface area contributed by atoms with Crippen molar-refractivity contribution >= 4 is 0 Å². The van der Waals surface area contributed by atoms with Crippen LogP contribution >= 0.6 is 0 Å². The molecular weight excluding hydrogens is 252 g/mol. The van der Waals surface area contributed by atoms with Crippen molar-refractivity contribution in [1.82, 2.24) is 0 Å². The van der Waals surface area contributed by atoms with E-state index in [-0.39, 0.29) is 0 Å². The van der Waals surface area contributed by atoms with E-state index in [0.717, 1.165) is 23.8 Å². The Bertz CT molecular complexity index is 487. The van der Waals surface area contributed by atoms with Crippen LogP contribution in [-0.2, 0) is 6.42 Å². The van der Waals surface area contributed by atoms with E-state index < -0.39 is 0 Å². The molecule has 0 bridgehead atoms. The van der Waals surface area contributed by atoms with Crippen molar-refractivity contribution in [2.75, 3.05) is 0 Å². The van der Waals surface area contributed by atoms with Gasteiger partial charge in [0.25, 0.3) is 0 Å². The van der Waals surface area contributed by atoms with Crippen molar-refractivity contribution in [3.05, 3.63) is 47.5 Å². The Morgan fingerprint density at radius 2 is 1.76 bits per heavy atom. The maximum absolute atomic E-state index is 3.24. The predicted molar refractivity (Wildman–Crippen MR) is 92.2 cm³/mol. The van der Waals surface area contributed by atoms with Crippen LogP contribution in [0.3, 0.4) is 0 Å². The van der Waals surface area contributed by atoms with E-state index in [0.29, 0.717) is 0 Å². The van der Waals surface area contributed by atoms with Gasteiger partial charge in [-0.2, -0.15) is 0 Å². The monoisotopic (exact) mass is 280 g/mol. The molecule has 0 aromatic heterocycles. The van der Waals surface area contributed by atoms with E-state index in [2.05, 4.69) is 62.1 Å². The van der Waals surface area contributed by atoms with Gasteiger partial charge in [0.15, 0.2) is 0 Å². The van der Waals surface area contributed by atoms with E-state index in [1.807, 2.05) is 0 Å². The summed E-state index contributed by atoms with van der Waals surface area (Å²) >= 11 is 0. The lowest BCUT2D eigenvalue weighted by Gasteiger charge is -2.25. The van der Waals surface area contributed by atoms with Crippen LogP contribution in [0.5, 0.6) is 0 Å². The van der Waals surface area contributed by atoms with Crippen LogP contribution in [0.1, 0.15) is 63.5 Å². The third-order valence-corrected chi connectivity index (χ3v) is 4.63. The first-order valence-corrected chi connectivity index (χ1v) is 8.59. The van der Waals surface area contributed by atoms with Crippen LogP contribution in [0, 0.1) is 23.7 Å². The first-order valence-electron chi connectivity index (χ1n) is 8.59. The first kappa shape index (κ1) is 15.9. The number of aryl methyl sites for hydroxylation is 1. The highest BCUT2D eigenvalue weighted by atomic mass is 14.2. The standard InChI is InChI=1S/C21H28/c1-3-7-19-14-16-21(17-15-19)9-6-5-8-20-12-10-18(4-2)11-13-20/h5,8,14-18,20H,3-4,7,10-13H2,1-2H3/t18-,20-. The molecule has 112 valence electrons. The van der Waals surface area contributed by atoms with Gasteiger partial charge >= 0.3 is 0 Å². The van der Waals surface area contributed by atoms with Gasteiger partial charge in [-0.3, -0.25) is 0 Å². The van der Waals surface area contributed by atoms with Gasteiger partial charge < -0.3 is 0 Å². The summed E-state index contributed by atoms with van der Waals surface area (Å²) in [5.41, 5.74) is 2.53. The molecule has 0 N–H and O–H groups in total. The van der Waals surface area contributed by atoms with Crippen molar-refractivity contribution in [3.8, 4) is 11.8 Å². The summed E-state index contributed by atoms with van der Waals surface area (Å²) in [4.78, 5) is 0. The van der Waals surface area contributed by atoms with Gasteiger partial charge in [-0.15, -0.1) is 0 Å². The summed E-state index contributed by atoms with van der Waals surface area (Å²) in [5, 5.41) is 0. The molecule has 0 unspecified atom stereocenters. The van der Waals surface area contributed by atoms with E-state index in [1.165, 1.54) is 44.1 Å². The fourth-order valence-electron chi connectivity index (χ4n) is 3.14. The van der Waals surface area contributed by atoms with E-state index in [1.54, 1.807) is 0 Å². The molecule has 0 radical (unpaired) electrons. The smallest absolute Gasteiger partial charge is 0.0249 e. The molecule has 0 heteroatoms. The number of benzene rings is 1. The van der Waals surface area contributed by atoms with E-state index >= 15 is 0 Å². The zero-order valence-electron chi connectivity index (χ0n) is 13.6. The third kappa shape index (κ3) is 5.43. The highest BCUT2D eigenvalue weighted by molar-refractivity contribution is 5.38. The quantitative estimate of drug-likeness (QED) is 0.615. The average molecular weight is 280 g/mol. The molecule has 1 fully saturated rings. The van der Waals surface area contributed by atoms with Gasteiger partial charge in [0.1, 0.15) is 0 Å². The van der Waals surface area contributed by atoms with Crippen LogP contribution in [0.15, 0.2) is 36.4 Å². The lowest BCUT2D eigenvalue weighted by atomic mass is 9.81. The van der Waals surface area contributed by atoms with Gasteiger partial charge in [-0.05, 0) is 67.7 Å². The van der Waals surface area contributed by atoms with Crippen molar-refractivity contribution in [1.29, 1.82) is 0 Å². The highest BCUT2D eigenvalue weighted by Crippen LogP contribution is 2.31. The first-order chi connectivity index (χ1) is 10.3. The normalized spacial score (nSPS) is 22.0. The Balaban J connectivity index is 1.81. The fourth-order valence-corrected chi connectivity index (χ4v) is 3.14. The summed E-state index contributed by atoms with van der Waals surface area (Å²) in [7, 11) is 0. The average Bonchev–Trinajstić information content (AvgIpc) is 2.54. The minimum absolute atomic E-state index is 0.758. The van der Waals surface area contributed by atoms with Crippen LogP contribution in [-0.4, -0.2) is 0 Å². The minimum Gasteiger partial charge on any atom is -0.0730 e. The molecule has 0 saturated heterocycles. The van der Waals surface area contributed by atoms with Gasteiger partial charge in [0.05, 0.1) is 0 Å². The van der Waals surface area contributed by atoms with Crippen molar-refractivity contribution in [3.63, 3.8) is 0 Å². The molecule has 1 saturated carbocycles. The van der Waals surface area contributed by atoms with Gasteiger partial charge in [-0.1, -0.05) is 56.7 Å². The molecule has 1 aliphatic carbocycles. The molecule has 0 spiro atoms.